The normalized spacial score (nSPS) is 14.2. The lowest BCUT2D eigenvalue weighted by Crippen LogP contribution is -2.36. The van der Waals surface area contributed by atoms with Crippen molar-refractivity contribution >= 4 is 11.7 Å². The second-order valence-electron chi connectivity index (χ2n) is 7.45. The number of hydrogen-bond acceptors (Lipinski definition) is 4. The van der Waals surface area contributed by atoms with Crippen molar-refractivity contribution in [3.63, 3.8) is 0 Å². The van der Waals surface area contributed by atoms with Crippen LogP contribution in [0, 0.1) is 11.6 Å². The zero-order valence-corrected chi connectivity index (χ0v) is 15.4. The fourth-order valence-corrected chi connectivity index (χ4v) is 3.01. The SMILES string of the molecule is CC(C)(C)OC(=O)C1=C(O)c2cc(F)cc(F)c2CN1Cc1ccccc1. The minimum atomic E-state index is -0.821. The zero-order valence-electron chi connectivity index (χ0n) is 15.4. The summed E-state index contributed by atoms with van der Waals surface area (Å²) in [4.78, 5) is 14.3. The van der Waals surface area contributed by atoms with Crippen molar-refractivity contribution in [2.75, 3.05) is 0 Å². The number of hydrogen-bond donors (Lipinski definition) is 1. The fraction of sp³-hybridized carbons (Fsp3) is 0.286. The van der Waals surface area contributed by atoms with E-state index in [1.54, 1.807) is 25.7 Å². The van der Waals surface area contributed by atoms with Gasteiger partial charge in [-0.05, 0) is 32.4 Å². The molecule has 1 heterocycles. The first-order chi connectivity index (χ1) is 12.7. The standard InChI is InChI=1S/C21H21F2NO3/c1-21(2,3)27-20(26)18-19(25)15-9-14(22)10-17(23)16(15)12-24(18)11-13-7-5-4-6-8-13/h4-10,25H,11-12H2,1-3H3. The predicted octanol–water partition coefficient (Wildman–Crippen LogP) is 4.55. The molecule has 1 N–H and O–H groups in total. The van der Waals surface area contributed by atoms with E-state index in [4.69, 9.17) is 4.74 Å². The minimum Gasteiger partial charge on any atom is -0.505 e. The van der Waals surface area contributed by atoms with Crippen LogP contribution in [-0.2, 0) is 22.6 Å². The summed E-state index contributed by atoms with van der Waals surface area (Å²) >= 11 is 0. The molecule has 27 heavy (non-hydrogen) atoms. The highest BCUT2D eigenvalue weighted by Crippen LogP contribution is 2.34. The number of aliphatic hydroxyl groups is 1. The van der Waals surface area contributed by atoms with E-state index in [-0.39, 0.29) is 29.9 Å². The van der Waals surface area contributed by atoms with E-state index >= 15 is 0 Å². The average Bonchev–Trinajstić information content (AvgIpc) is 2.55. The van der Waals surface area contributed by atoms with E-state index in [0.29, 0.717) is 0 Å². The number of ether oxygens (including phenoxy) is 1. The van der Waals surface area contributed by atoms with Crippen LogP contribution in [0.2, 0.25) is 0 Å². The van der Waals surface area contributed by atoms with Gasteiger partial charge in [-0.2, -0.15) is 0 Å². The molecule has 2 aromatic carbocycles. The summed E-state index contributed by atoms with van der Waals surface area (Å²) in [6, 6.07) is 11.1. The molecule has 1 aliphatic heterocycles. The summed E-state index contributed by atoms with van der Waals surface area (Å²) in [5, 5.41) is 10.7. The molecule has 3 rings (SSSR count). The maximum atomic E-state index is 14.3. The Morgan fingerprint density at radius 1 is 1.19 bits per heavy atom. The highest BCUT2D eigenvalue weighted by molar-refractivity contribution is 5.96. The molecule has 0 atom stereocenters. The number of benzene rings is 2. The summed E-state index contributed by atoms with van der Waals surface area (Å²) in [7, 11) is 0. The van der Waals surface area contributed by atoms with Crippen molar-refractivity contribution in [1.29, 1.82) is 0 Å². The number of carbonyl (C=O) groups is 1. The lowest BCUT2D eigenvalue weighted by atomic mass is 9.97. The van der Waals surface area contributed by atoms with Gasteiger partial charge >= 0.3 is 5.97 Å². The second-order valence-corrected chi connectivity index (χ2v) is 7.45. The molecule has 0 fully saturated rings. The third kappa shape index (κ3) is 4.10. The summed E-state index contributed by atoms with van der Waals surface area (Å²) in [5.41, 5.74) is 0.0920. The van der Waals surface area contributed by atoms with E-state index in [1.165, 1.54) is 0 Å². The van der Waals surface area contributed by atoms with Crippen LogP contribution in [0.4, 0.5) is 8.78 Å². The molecule has 6 heteroatoms. The largest absolute Gasteiger partial charge is 0.505 e. The number of aliphatic hydroxyl groups excluding tert-OH is 1. The summed E-state index contributed by atoms with van der Waals surface area (Å²) in [6.07, 6.45) is 0. The van der Waals surface area contributed by atoms with E-state index in [2.05, 4.69) is 0 Å². The van der Waals surface area contributed by atoms with Gasteiger partial charge < -0.3 is 14.7 Å². The molecule has 4 nitrogen and oxygen atoms in total. The van der Waals surface area contributed by atoms with E-state index in [0.717, 1.165) is 17.7 Å². The van der Waals surface area contributed by atoms with Gasteiger partial charge in [0.1, 0.15) is 17.2 Å². The van der Waals surface area contributed by atoms with E-state index < -0.39 is 29.0 Å². The maximum Gasteiger partial charge on any atom is 0.359 e. The molecule has 0 amide bonds. The Morgan fingerprint density at radius 2 is 1.85 bits per heavy atom. The summed E-state index contributed by atoms with van der Waals surface area (Å²) in [5.74, 6) is -2.82. The van der Waals surface area contributed by atoms with Crippen LogP contribution in [0.15, 0.2) is 48.2 Å². The molecule has 0 saturated heterocycles. The molecule has 0 saturated carbocycles. The second kappa shape index (κ2) is 7.02. The number of carbonyl (C=O) groups excluding carboxylic acids is 1. The molecular formula is C21H21F2NO3. The third-order valence-electron chi connectivity index (χ3n) is 4.11. The first-order valence-corrected chi connectivity index (χ1v) is 8.59. The fourth-order valence-electron chi connectivity index (χ4n) is 3.01. The quantitative estimate of drug-likeness (QED) is 0.802. The minimum absolute atomic E-state index is 0.00891. The monoisotopic (exact) mass is 373 g/mol. The molecule has 0 aromatic heterocycles. The van der Waals surface area contributed by atoms with Crippen molar-refractivity contribution in [2.45, 2.75) is 39.5 Å². The highest BCUT2D eigenvalue weighted by atomic mass is 19.1. The number of fused-ring (bicyclic) bond motifs is 1. The Bertz CT molecular complexity index is 902. The van der Waals surface area contributed by atoms with E-state index in [9.17, 15) is 18.7 Å². The number of esters is 1. The molecule has 0 spiro atoms. The van der Waals surface area contributed by atoms with Gasteiger partial charge in [0.25, 0.3) is 0 Å². The van der Waals surface area contributed by atoms with Gasteiger partial charge in [0.05, 0.1) is 0 Å². The molecule has 0 unspecified atom stereocenters. The smallest absolute Gasteiger partial charge is 0.359 e. The van der Waals surface area contributed by atoms with Crippen LogP contribution in [-0.4, -0.2) is 21.6 Å². The summed E-state index contributed by atoms with van der Waals surface area (Å²) < 4.78 is 33.4. The van der Waals surface area contributed by atoms with Crippen molar-refractivity contribution in [1.82, 2.24) is 4.90 Å². The molecule has 142 valence electrons. The van der Waals surface area contributed by atoms with Gasteiger partial charge in [-0.3, -0.25) is 0 Å². The molecule has 0 bridgehead atoms. The van der Waals surface area contributed by atoms with Crippen LogP contribution in [0.25, 0.3) is 5.76 Å². The van der Waals surface area contributed by atoms with Gasteiger partial charge in [-0.1, -0.05) is 30.3 Å². The zero-order chi connectivity index (χ0) is 19.8. The highest BCUT2D eigenvalue weighted by Gasteiger charge is 2.34. The van der Waals surface area contributed by atoms with Crippen molar-refractivity contribution in [2.24, 2.45) is 0 Å². The maximum absolute atomic E-state index is 14.3. The van der Waals surface area contributed by atoms with Crippen LogP contribution in [0.1, 0.15) is 37.5 Å². The van der Waals surface area contributed by atoms with Crippen LogP contribution in [0.5, 0.6) is 0 Å². The average molecular weight is 373 g/mol. The van der Waals surface area contributed by atoms with Crippen molar-refractivity contribution in [3.8, 4) is 0 Å². The van der Waals surface area contributed by atoms with Gasteiger partial charge in [0.15, 0.2) is 11.5 Å². The first-order valence-electron chi connectivity index (χ1n) is 8.59. The predicted molar refractivity (Wildman–Crippen MR) is 97.4 cm³/mol. The van der Waals surface area contributed by atoms with Gasteiger partial charge in [-0.25, -0.2) is 13.6 Å². The Hall–Kier alpha value is -2.89. The van der Waals surface area contributed by atoms with Crippen molar-refractivity contribution < 1.29 is 23.4 Å². The first kappa shape index (κ1) is 18.9. The van der Waals surface area contributed by atoms with Crippen LogP contribution < -0.4 is 0 Å². The van der Waals surface area contributed by atoms with Crippen LogP contribution >= 0.6 is 0 Å². The van der Waals surface area contributed by atoms with E-state index in [1.807, 2.05) is 30.3 Å². The third-order valence-corrected chi connectivity index (χ3v) is 4.11. The molecule has 1 aliphatic rings. The molecular weight excluding hydrogens is 352 g/mol. The van der Waals surface area contributed by atoms with Gasteiger partial charge in [-0.15, -0.1) is 0 Å². The Balaban J connectivity index is 2.09. The number of nitrogens with zero attached hydrogens (tertiary/aromatic N) is 1. The Labute approximate surface area is 156 Å². The van der Waals surface area contributed by atoms with Crippen molar-refractivity contribution in [3.05, 3.63) is 76.5 Å². The lowest BCUT2D eigenvalue weighted by molar-refractivity contribution is -0.152. The molecule has 0 radical (unpaired) electrons. The van der Waals surface area contributed by atoms with Gasteiger partial charge in [0, 0.05) is 30.3 Å². The lowest BCUT2D eigenvalue weighted by Gasteiger charge is -2.33. The van der Waals surface area contributed by atoms with Gasteiger partial charge in [0.2, 0.25) is 0 Å². The Morgan fingerprint density at radius 3 is 2.48 bits per heavy atom. The topological polar surface area (TPSA) is 49.8 Å². The Kier molecular flexibility index (Phi) is 4.91. The number of halogens is 2. The molecule has 2 aromatic rings. The molecule has 0 aliphatic carbocycles. The summed E-state index contributed by atoms with van der Waals surface area (Å²) in [6.45, 7) is 5.39. The number of rotatable bonds is 3. The van der Waals surface area contributed by atoms with Crippen LogP contribution in [0.3, 0.4) is 0 Å².